The number of anilines is 1. The topological polar surface area (TPSA) is 81.4 Å². The molecule has 0 aliphatic carbocycles. The van der Waals surface area contributed by atoms with Crippen LogP contribution in [-0.2, 0) is 4.79 Å². The molecule has 0 saturated carbocycles. The number of carbonyl (C=O) groups excluding carboxylic acids is 2. The number of thiophene rings is 1. The van der Waals surface area contributed by atoms with Crippen molar-refractivity contribution in [3.63, 3.8) is 0 Å². The van der Waals surface area contributed by atoms with E-state index in [1.807, 2.05) is 39.0 Å². The lowest BCUT2D eigenvalue weighted by molar-refractivity contribution is -0.118. The Bertz CT molecular complexity index is 702. The molecule has 0 atom stereocenters. The van der Waals surface area contributed by atoms with Gasteiger partial charge in [0.2, 0.25) is 0 Å². The van der Waals surface area contributed by atoms with E-state index in [2.05, 4.69) is 5.32 Å². The summed E-state index contributed by atoms with van der Waals surface area (Å²) in [5.41, 5.74) is 7.56. The number of primary amides is 1. The second-order valence-corrected chi connectivity index (χ2v) is 6.28. The lowest BCUT2D eigenvalue weighted by atomic mass is 10.1. The number of hydrogen-bond donors (Lipinski definition) is 2. The van der Waals surface area contributed by atoms with E-state index in [0.717, 1.165) is 16.0 Å². The van der Waals surface area contributed by atoms with Crippen LogP contribution in [0.2, 0.25) is 0 Å². The monoisotopic (exact) mass is 318 g/mol. The SMILES string of the molecule is Cc1cc(C(N)=O)c(NC(=O)COc2c(C)cccc2C)s1. The Hall–Kier alpha value is -2.34. The van der Waals surface area contributed by atoms with E-state index < -0.39 is 5.91 Å². The first-order chi connectivity index (χ1) is 10.4. The van der Waals surface area contributed by atoms with Gasteiger partial charge in [-0.1, -0.05) is 18.2 Å². The molecule has 1 aromatic carbocycles. The summed E-state index contributed by atoms with van der Waals surface area (Å²) in [6.07, 6.45) is 0. The number of benzene rings is 1. The largest absolute Gasteiger partial charge is 0.483 e. The van der Waals surface area contributed by atoms with Crippen molar-refractivity contribution in [1.82, 2.24) is 0 Å². The van der Waals surface area contributed by atoms with Gasteiger partial charge in [-0.15, -0.1) is 11.3 Å². The van der Waals surface area contributed by atoms with Crippen LogP contribution < -0.4 is 15.8 Å². The standard InChI is InChI=1S/C16H18N2O3S/c1-9-5-4-6-10(2)14(9)21-8-13(19)18-16-12(15(17)20)7-11(3)22-16/h4-7H,8H2,1-3H3,(H2,17,20)(H,18,19). The maximum Gasteiger partial charge on any atom is 0.262 e. The molecule has 2 rings (SSSR count). The minimum Gasteiger partial charge on any atom is -0.483 e. The van der Waals surface area contributed by atoms with Crippen LogP contribution in [-0.4, -0.2) is 18.4 Å². The lowest BCUT2D eigenvalue weighted by Crippen LogP contribution is -2.22. The van der Waals surface area contributed by atoms with Crippen molar-refractivity contribution in [1.29, 1.82) is 0 Å². The number of rotatable bonds is 5. The molecule has 0 unspecified atom stereocenters. The van der Waals surface area contributed by atoms with E-state index in [-0.39, 0.29) is 12.5 Å². The van der Waals surface area contributed by atoms with E-state index >= 15 is 0 Å². The molecule has 22 heavy (non-hydrogen) atoms. The van der Waals surface area contributed by atoms with Crippen LogP contribution in [0.15, 0.2) is 24.3 Å². The predicted octanol–water partition coefficient (Wildman–Crippen LogP) is 2.79. The molecule has 1 heterocycles. The smallest absolute Gasteiger partial charge is 0.262 e. The van der Waals surface area contributed by atoms with E-state index in [4.69, 9.17) is 10.5 Å². The molecule has 5 nitrogen and oxygen atoms in total. The highest BCUT2D eigenvalue weighted by Gasteiger charge is 2.15. The summed E-state index contributed by atoms with van der Waals surface area (Å²) in [7, 11) is 0. The Kier molecular flexibility index (Phi) is 4.82. The van der Waals surface area contributed by atoms with Gasteiger partial charge < -0.3 is 15.8 Å². The zero-order chi connectivity index (χ0) is 16.3. The van der Waals surface area contributed by atoms with Gasteiger partial charge in [-0.25, -0.2) is 0 Å². The fourth-order valence-corrected chi connectivity index (χ4v) is 3.05. The van der Waals surface area contributed by atoms with Crippen LogP contribution in [0.5, 0.6) is 5.75 Å². The Morgan fingerprint density at radius 3 is 2.45 bits per heavy atom. The Morgan fingerprint density at radius 1 is 1.23 bits per heavy atom. The van der Waals surface area contributed by atoms with E-state index in [1.165, 1.54) is 11.3 Å². The number of amides is 2. The molecule has 1 aromatic heterocycles. The third-order valence-corrected chi connectivity index (χ3v) is 4.10. The maximum absolute atomic E-state index is 12.0. The van der Waals surface area contributed by atoms with Crippen molar-refractivity contribution in [3.8, 4) is 5.75 Å². The molecule has 0 aliphatic rings. The number of para-hydroxylation sites is 1. The summed E-state index contributed by atoms with van der Waals surface area (Å²) in [5, 5.41) is 3.13. The summed E-state index contributed by atoms with van der Waals surface area (Å²) in [4.78, 5) is 24.2. The van der Waals surface area contributed by atoms with Crippen LogP contribution in [0.25, 0.3) is 0 Å². The van der Waals surface area contributed by atoms with E-state index in [0.29, 0.717) is 16.3 Å². The molecule has 0 bridgehead atoms. The minimum atomic E-state index is -0.560. The first kappa shape index (κ1) is 16.0. The maximum atomic E-state index is 12.0. The van der Waals surface area contributed by atoms with Gasteiger partial charge in [-0.05, 0) is 38.0 Å². The van der Waals surface area contributed by atoms with Crippen LogP contribution in [0, 0.1) is 20.8 Å². The van der Waals surface area contributed by atoms with Crippen molar-refractivity contribution in [3.05, 3.63) is 45.8 Å². The van der Waals surface area contributed by atoms with Crippen molar-refractivity contribution < 1.29 is 14.3 Å². The van der Waals surface area contributed by atoms with Gasteiger partial charge in [0.25, 0.3) is 11.8 Å². The van der Waals surface area contributed by atoms with Crippen LogP contribution >= 0.6 is 11.3 Å². The zero-order valence-corrected chi connectivity index (χ0v) is 13.5. The highest BCUT2D eigenvalue weighted by atomic mass is 32.1. The van der Waals surface area contributed by atoms with Crippen molar-refractivity contribution >= 4 is 28.2 Å². The Balaban J connectivity index is 2.04. The molecule has 2 amide bonds. The Morgan fingerprint density at radius 2 is 1.86 bits per heavy atom. The van der Waals surface area contributed by atoms with Gasteiger partial charge >= 0.3 is 0 Å². The number of nitrogens with two attached hydrogens (primary N) is 1. The summed E-state index contributed by atoms with van der Waals surface area (Å²) < 4.78 is 5.59. The van der Waals surface area contributed by atoms with Gasteiger partial charge in [0.1, 0.15) is 10.8 Å². The summed E-state index contributed by atoms with van der Waals surface area (Å²) in [6.45, 7) is 5.57. The summed E-state index contributed by atoms with van der Waals surface area (Å²) >= 11 is 1.31. The molecule has 116 valence electrons. The highest BCUT2D eigenvalue weighted by Crippen LogP contribution is 2.27. The third-order valence-electron chi connectivity index (χ3n) is 3.13. The molecule has 0 saturated heterocycles. The van der Waals surface area contributed by atoms with Crippen LogP contribution in [0.3, 0.4) is 0 Å². The molecule has 2 aromatic rings. The molecule has 0 aliphatic heterocycles. The minimum absolute atomic E-state index is 0.124. The number of aryl methyl sites for hydroxylation is 3. The molecule has 3 N–H and O–H groups in total. The molecule has 0 radical (unpaired) electrons. The fraction of sp³-hybridized carbons (Fsp3) is 0.250. The fourth-order valence-electron chi connectivity index (χ4n) is 2.12. The second-order valence-electron chi connectivity index (χ2n) is 5.02. The Labute approximate surface area is 133 Å². The third kappa shape index (κ3) is 3.65. The van der Waals surface area contributed by atoms with Crippen LogP contribution in [0.1, 0.15) is 26.4 Å². The molecular weight excluding hydrogens is 300 g/mol. The number of ether oxygens (including phenoxy) is 1. The number of nitrogens with one attached hydrogen (secondary N) is 1. The van der Waals surface area contributed by atoms with E-state index in [9.17, 15) is 9.59 Å². The van der Waals surface area contributed by atoms with Crippen molar-refractivity contribution in [2.24, 2.45) is 5.73 Å². The quantitative estimate of drug-likeness (QED) is 0.889. The molecule has 6 heteroatoms. The first-order valence-corrected chi connectivity index (χ1v) is 7.59. The second kappa shape index (κ2) is 6.62. The molecule has 0 spiro atoms. The van der Waals surface area contributed by atoms with Crippen molar-refractivity contribution in [2.75, 3.05) is 11.9 Å². The van der Waals surface area contributed by atoms with Crippen LogP contribution in [0.4, 0.5) is 5.00 Å². The van der Waals surface area contributed by atoms with Crippen molar-refractivity contribution in [2.45, 2.75) is 20.8 Å². The van der Waals surface area contributed by atoms with Gasteiger partial charge in [-0.3, -0.25) is 9.59 Å². The predicted molar refractivity (Wildman–Crippen MR) is 87.6 cm³/mol. The van der Waals surface area contributed by atoms with E-state index in [1.54, 1.807) is 6.07 Å². The normalized spacial score (nSPS) is 10.3. The molecular formula is C16H18N2O3S. The number of carbonyl (C=O) groups is 2. The van der Waals surface area contributed by atoms with Gasteiger partial charge in [0, 0.05) is 4.88 Å². The molecule has 0 fully saturated rings. The summed E-state index contributed by atoms with van der Waals surface area (Å²) in [6, 6.07) is 7.45. The highest BCUT2D eigenvalue weighted by molar-refractivity contribution is 7.16. The summed E-state index contributed by atoms with van der Waals surface area (Å²) in [5.74, 6) is -0.183. The average molecular weight is 318 g/mol. The zero-order valence-electron chi connectivity index (χ0n) is 12.7. The van der Waals surface area contributed by atoms with Gasteiger partial charge in [0.15, 0.2) is 6.61 Å². The average Bonchev–Trinajstić information content (AvgIpc) is 2.79. The van der Waals surface area contributed by atoms with Gasteiger partial charge in [-0.2, -0.15) is 0 Å². The lowest BCUT2D eigenvalue weighted by Gasteiger charge is -2.11. The number of hydrogen-bond acceptors (Lipinski definition) is 4. The van der Waals surface area contributed by atoms with Gasteiger partial charge in [0.05, 0.1) is 5.56 Å². The first-order valence-electron chi connectivity index (χ1n) is 6.77.